The highest BCUT2D eigenvalue weighted by atomic mass is 32.1. The molecule has 1 aliphatic carbocycles. The fraction of sp³-hybridized carbons (Fsp3) is 0.438. The third kappa shape index (κ3) is 3.61. The number of rotatable bonds is 7. The molecule has 1 fully saturated rings. The molecule has 0 bridgehead atoms. The lowest BCUT2D eigenvalue weighted by atomic mass is 10.2. The van der Waals surface area contributed by atoms with E-state index in [1.807, 2.05) is 18.2 Å². The molecule has 112 valence electrons. The summed E-state index contributed by atoms with van der Waals surface area (Å²) in [7, 11) is 1.68. The molecule has 1 aromatic heterocycles. The standard InChI is InChI=1S/C16H20N2O2S/c1-20-15-4-2-3-12(9-15)16-17-13(11-21-16)10-18(7-8-19)14-5-6-14/h2-4,9,11,14,19H,5-8,10H2,1H3. The highest BCUT2D eigenvalue weighted by molar-refractivity contribution is 7.13. The predicted molar refractivity (Wildman–Crippen MR) is 84.6 cm³/mol. The Bertz CT molecular complexity index is 595. The van der Waals surface area contributed by atoms with Gasteiger partial charge in [0.2, 0.25) is 0 Å². The van der Waals surface area contributed by atoms with E-state index in [0.717, 1.165) is 35.1 Å². The summed E-state index contributed by atoms with van der Waals surface area (Å²) < 4.78 is 5.26. The van der Waals surface area contributed by atoms with Crippen LogP contribution >= 0.6 is 11.3 Å². The van der Waals surface area contributed by atoms with E-state index in [0.29, 0.717) is 6.04 Å². The number of aliphatic hydroxyl groups excluding tert-OH is 1. The molecule has 21 heavy (non-hydrogen) atoms. The first-order valence-corrected chi connectivity index (χ1v) is 8.12. The molecule has 0 saturated heterocycles. The van der Waals surface area contributed by atoms with Crippen molar-refractivity contribution in [2.45, 2.75) is 25.4 Å². The van der Waals surface area contributed by atoms with Crippen LogP contribution in [0.2, 0.25) is 0 Å². The summed E-state index contributed by atoms with van der Waals surface area (Å²) in [6.45, 7) is 1.77. The summed E-state index contributed by atoms with van der Waals surface area (Å²) in [5, 5.41) is 12.3. The summed E-state index contributed by atoms with van der Waals surface area (Å²) in [6, 6.07) is 8.62. The number of thiazole rings is 1. The number of hydrogen-bond acceptors (Lipinski definition) is 5. The molecule has 1 saturated carbocycles. The molecule has 1 aromatic carbocycles. The van der Waals surface area contributed by atoms with Gasteiger partial charge in [0.05, 0.1) is 19.4 Å². The average Bonchev–Trinajstić information content (AvgIpc) is 3.26. The second kappa shape index (κ2) is 6.56. The SMILES string of the molecule is COc1cccc(-c2nc(CN(CCO)C3CC3)cs2)c1. The van der Waals surface area contributed by atoms with Gasteiger partial charge in [-0.05, 0) is 25.0 Å². The highest BCUT2D eigenvalue weighted by Crippen LogP contribution is 2.30. The molecule has 0 unspecified atom stereocenters. The van der Waals surface area contributed by atoms with Gasteiger partial charge >= 0.3 is 0 Å². The van der Waals surface area contributed by atoms with Crippen molar-refractivity contribution in [1.82, 2.24) is 9.88 Å². The summed E-state index contributed by atoms with van der Waals surface area (Å²) in [6.07, 6.45) is 2.49. The number of benzene rings is 1. The van der Waals surface area contributed by atoms with E-state index in [9.17, 15) is 0 Å². The zero-order valence-corrected chi connectivity index (χ0v) is 13.0. The van der Waals surface area contributed by atoms with E-state index >= 15 is 0 Å². The van der Waals surface area contributed by atoms with Gasteiger partial charge in [0.25, 0.3) is 0 Å². The molecular formula is C16H20N2O2S. The van der Waals surface area contributed by atoms with E-state index in [4.69, 9.17) is 14.8 Å². The van der Waals surface area contributed by atoms with Gasteiger partial charge in [-0.2, -0.15) is 0 Å². The van der Waals surface area contributed by atoms with Crippen LogP contribution in [0.5, 0.6) is 5.75 Å². The molecule has 4 nitrogen and oxygen atoms in total. The number of aromatic nitrogens is 1. The largest absolute Gasteiger partial charge is 0.497 e. The highest BCUT2D eigenvalue weighted by Gasteiger charge is 2.28. The zero-order valence-electron chi connectivity index (χ0n) is 12.2. The van der Waals surface area contributed by atoms with Crippen molar-refractivity contribution in [3.63, 3.8) is 0 Å². The first kappa shape index (κ1) is 14.5. The maximum atomic E-state index is 9.16. The van der Waals surface area contributed by atoms with Crippen molar-refractivity contribution in [3.8, 4) is 16.3 Å². The molecule has 3 rings (SSSR count). The van der Waals surface area contributed by atoms with Gasteiger partial charge in [0.15, 0.2) is 0 Å². The third-order valence-electron chi connectivity index (χ3n) is 3.68. The summed E-state index contributed by atoms with van der Waals surface area (Å²) >= 11 is 1.66. The maximum Gasteiger partial charge on any atom is 0.123 e. The van der Waals surface area contributed by atoms with Crippen molar-refractivity contribution in [3.05, 3.63) is 35.3 Å². The fourth-order valence-electron chi connectivity index (χ4n) is 2.44. The van der Waals surface area contributed by atoms with Gasteiger partial charge in [0.1, 0.15) is 10.8 Å². The number of aliphatic hydroxyl groups is 1. The molecule has 1 N–H and O–H groups in total. The van der Waals surface area contributed by atoms with Gasteiger partial charge in [-0.1, -0.05) is 12.1 Å². The molecule has 1 aliphatic rings. The van der Waals surface area contributed by atoms with Crippen LogP contribution in [0, 0.1) is 0 Å². The van der Waals surface area contributed by atoms with Crippen molar-refractivity contribution in [1.29, 1.82) is 0 Å². The molecule has 2 aromatic rings. The predicted octanol–water partition coefficient (Wildman–Crippen LogP) is 2.78. The van der Waals surface area contributed by atoms with Crippen molar-refractivity contribution >= 4 is 11.3 Å². The van der Waals surface area contributed by atoms with E-state index in [2.05, 4.69) is 16.3 Å². The molecular weight excluding hydrogens is 284 g/mol. The van der Waals surface area contributed by atoms with Crippen LogP contribution < -0.4 is 4.74 Å². The molecule has 1 heterocycles. The number of ether oxygens (including phenoxy) is 1. The summed E-state index contributed by atoms with van der Waals surface area (Å²) in [5.41, 5.74) is 2.17. The molecule has 0 atom stereocenters. The minimum Gasteiger partial charge on any atom is -0.497 e. The van der Waals surface area contributed by atoms with Crippen molar-refractivity contribution < 1.29 is 9.84 Å². The van der Waals surface area contributed by atoms with Crippen molar-refractivity contribution in [2.24, 2.45) is 0 Å². The smallest absolute Gasteiger partial charge is 0.123 e. The van der Waals surface area contributed by atoms with E-state index in [1.165, 1.54) is 12.8 Å². The first-order chi connectivity index (χ1) is 10.3. The Morgan fingerprint density at radius 2 is 2.29 bits per heavy atom. The van der Waals surface area contributed by atoms with Gasteiger partial charge in [-0.3, -0.25) is 4.90 Å². The van der Waals surface area contributed by atoms with Crippen molar-refractivity contribution in [2.75, 3.05) is 20.3 Å². The van der Waals surface area contributed by atoms with Crippen LogP contribution in [0.1, 0.15) is 18.5 Å². The Hall–Kier alpha value is -1.43. The van der Waals surface area contributed by atoms with Crippen LogP contribution in [0.25, 0.3) is 10.6 Å². The van der Waals surface area contributed by atoms with E-state index in [1.54, 1.807) is 18.4 Å². The van der Waals surface area contributed by atoms with Crippen LogP contribution in [-0.2, 0) is 6.54 Å². The Kier molecular flexibility index (Phi) is 4.53. The van der Waals surface area contributed by atoms with Crippen LogP contribution in [0.15, 0.2) is 29.6 Å². The number of nitrogens with zero attached hydrogens (tertiary/aromatic N) is 2. The Labute approximate surface area is 129 Å². The summed E-state index contributed by atoms with van der Waals surface area (Å²) in [5.74, 6) is 0.851. The zero-order chi connectivity index (χ0) is 14.7. The average molecular weight is 304 g/mol. The molecule has 0 spiro atoms. The lowest BCUT2D eigenvalue weighted by Gasteiger charge is -2.19. The Balaban J connectivity index is 1.73. The first-order valence-electron chi connectivity index (χ1n) is 7.24. The van der Waals surface area contributed by atoms with Crippen LogP contribution in [0.3, 0.4) is 0 Å². The second-order valence-electron chi connectivity index (χ2n) is 5.30. The van der Waals surface area contributed by atoms with Crippen LogP contribution in [0.4, 0.5) is 0 Å². The molecule has 0 aliphatic heterocycles. The van der Waals surface area contributed by atoms with Crippen LogP contribution in [-0.4, -0.2) is 41.3 Å². The Morgan fingerprint density at radius 3 is 3.00 bits per heavy atom. The Morgan fingerprint density at radius 1 is 1.43 bits per heavy atom. The molecule has 0 radical (unpaired) electrons. The number of methoxy groups -OCH3 is 1. The summed E-state index contributed by atoms with van der Waals surface area (Å²) in [4.78, 5) is 7.05. The molecule has 5 heteroatoms. The lowest BCUT2D eigenvalue weighted by molar-refractivity contribution is 0.182. The van der Waals surface area contributed by atoms with Gasteiger partial charge < -0.3 is 9.84 Å². The van der Waals surface area contributed by atoms with E-state index < -0.39 is 0 Å². The minimum atomic E-state index is 0.212. The second-order valence-corrected chi connectivity index (χ2v) is 6.16. The fourth-order valence-corrected chi connectivity index (χ4v) is 3.24. The van der Waals surface area contributed by atoms with Gasteiger partial charge in [0, 0.05) is 30.1 Å². The quantitative estimate of drug-likeness (QED) is 0.854. The lowest BCUT2D eigenvalue weighted by Crippen LogP contribution is -2.28. The normalized spacial score (nSPS) is 14.6. The third-order valence-corrected chi connectivity index (χ3v) is 4.62. The minimum absolute atomic E-state index is 0.212. The molecule has 0 amide bonds. The topological polar surface area (TPSA) is 45.6 Å². The van der Waals surface area contributed by atoms with Gasteiger partial charge in [-0.15, -0.1) is 11.3 Å². The van der Waals surface area contributed by atoms with Gasteiger partial charge in [-0.25, -0.2) is 4.98 Å². The monoisotopic (exact) mass is 304 g/mol. The van der Waals surface area contributed by atoms with E-state index in [-0.39, 0.29) is 6.61 Å². The maximum absolute atomic E-state index is 9.16. The number of hydrogen-bond donors (Lipinski definition) is 1.